The Kier molecular flexibility index (Phi) is 68.4. The first-order chi connectivity index (χ1) is 46.9. The molecule has 19 heteroatoms. The van der Waals surface area contributed by atoms with E-state index >= 15 is 0 Å². The van der Waals surface area contributed by atoms with Gasteiger partial charge in [-0.2, -0.15) is 0 Å². The fourth-order valence-corrected chi connectivity index (χ4v) is 13.6. The molecule has 0 fully saturated rings. The fraction of sp³-hybridized carbons (Fsp3) is 0.949. The van der Waals surface area contributed by atoms with Crippen LogP contribution in [0.25, 0.3) is 0 Å². The van der Waals surface area contributed by atoms with Gasteiger partial charge >= 0.3 is 39.5 Å². The molecule has 0 aromatic heterocycles. The van der Waals surface area contributed by atoms with E-state index in [1.54, 1.807) is 0 Å². The lowest BCUT2D eigenvalue weighted by Crippen LogP contribution is -2.30. The average molecular weight is 1420 g/mol. The third-order valence-electron chi connectivity index (χ3n) is 18.6. The Morgan fingerprint density at radius 3 is 0.784 bits per heavy atom. The van der Waals surface area contributed by atoms with Crippen LogP contribution in [0.1, 0.15) is 408 Å². The smallest absolute Gasteiger partial charge is 0.462 e. The van der Waals surface area contributed by atoms with E-state index in [0.29, 0.717) is 25.7 Å². The Morgan fingerprint density at radius 2 is 0.526 bits per heavy atom. The van der Waals surface area contributed by atoms with Gasteiger partial charge in [-0.05, 0) is 37.5 Å². The molecule has 0 saturated carbocycles. The number of aliphatic hydroxyl groups is 1. The minimum atomic E-state index is -4.96. The van der Waals surface area contributed by atoms with Crippen molar-refractivity contribution in [3.8, 4) is 0 Å². The molecule has 0 rings (SSSR count). The second-order valence-corrected chi connectivity index (χ2v) is 31.7. The van der Waals surface area contributed by atoms with Crippen LogP contribution in [0, 0.1) is 11.8 Å². The molecule has 576 valence electrons. The molecular weight excluding hydrogens is 1270 g/mol. The Balaban J connectivity index is 5.25. The SMILES string of the molecule is CCCCCCCCCCCCCCCCCCC(=O)OC[C@H](COP(=O)(O)OC[C@@H](O)COP(=O)(O)OC[C@@H](COC(=O)CCCCCCCCC(C)CC)OC(=O)CCCCCCCCCCCCCCCCC)OC(=O)CCCCCCCCCCCCCCCC(C)C. The summed E-state index contributed by atoms with van der Waals surface area (Å²) >= 11 is 0. The van der Waals surface area contributed by atoms with Gasteiger partial charge in [0.15, 0.2) is 12.2 Å². The first-order valence-electron chi connectivity index (χ1n) is 40.5. The Hall–Kier alpha value is -1.94. The molecule has 0 amide bonds. The molecule has 3 unspecified atom stereocenters. The van der Waals surface area contributed by atoms with Crippen LogP contribution in [-0.2, 0) is 65.4 Å². The summed E-state index contributed by atoms with van der Waals surface area (Å²) in [6, 6.07) is 0. The summed E-state index contributed by atoms with van der Waals surface area (Å²) in [5.41, 5.74) is 0. The van der Waals surface area contributed by atoms with Crippen LogP contribution in [0.5, 0.6) is 0 Å². The van der Waals surface area contributed by atoms with Crippen LogP contribution >= 0.6 is 15.6 Å². The first-order valence-corrected chi connectivity index (χ1v) is 43.5. The van der Waals surface area contributed by atoms with Gasteiger partial charge in [0.05, 0.1) is 26.4 Å². The zero-order valence-corrected chi connectivity index (χ0v) is 65.2. The van der Waals surface area contributed by atoms with Crippen molar-refractivity contribution in [3.63, 3.8) is 0 Å². The van der Waals surface area contributed by atoms with Crippen LogP contribution in [0.4, 0.5) is 0 Å². The van der Waals surface area contributed by atoms with Gasteiger partial charge in [-0.1, -0.05) is 356 Å². The lowest BCUT2D eigenvalue weighted by Gasteiger charge is -2.21. The zero-order valence-electron chi connectivity index (χ0n) is 63.4. The van der Waals surface area contributed by atoms with E-state index in [-0.39, 0.29) is 25.7 Å². The van der Waals surface area contributed by atoms with Gasteiger partial charge < -0.3 is 33.8 Å². The van der Waals surface area contributed by atoms with Crippen molar-refractivity contribution in [2.24, 2.45) is 11.8 Å². The van der Waals surface area contributed by atoms with Gasteiger partial charge in [0.1, 0.15) is 19.3 Å². The van der Waals surface area contributed by atoms with Crippen LogP contribution in [0.15, 0.2) is 0 Å². The largest absolute Gasteiger partial charge is 0.472 e. The van der Waals surface area contributed by atoms with Gasteiger partial charge in [0.2, 0.25) is 0 Å². The highest BCUT2D eigenvalue weighted by molar-refractivity contribution is 7.47. The molecule has 0 aromatic rings. The number of hydrogen-bond acceptors (Lipinski definition) is 15. The van der Waals surface area contributed by atoms with Crippen molar-refractivity contribution >= 4 is 39.5 Å². The van der Waals surface area contributed by atoms with Crippen molar-refractivity contribution in [1.29, 1.82) is 0 Å². The maximum Gasteiger partial charge on any atom is 0.472 e. The van der Waals surface area contributed by atoms with Gasteiger partial charge in [0, 0.05) is 25.7 Å². The molecule has 0 aliphatic rings. The molecule has 0 aliphatic heterocycles. The van der Waals surface area contributed by atoms with Gasteiger partial charge in [0.25, 0.3) is 0 Å². The summed E-state index contributed by atoms with van der Waals surface area (Å²) in [6.45, 7) is 9.60. The Bertz CT molecular complexity index is 1870. The van der Waals surface area contributed by atoms with Crippen molar-refractivity contribution in [3.05, 3.63) is 0 Å². The second kappa shape index (κ2) is 69.8. The molecule has 3 N–H and O–H groups in total. The number of ether oxygens (including phenoxy) is 4. The molecule has 97 heavy (non-hydrogen) atoms. The molecule has 0 saturated heterocycles. The van der Waals surface area contributed by atoms with Crippen molar-refractivity contribution < 1.29 is 80.2 Å². The van der Waals surface area contributed by atoms with Gasteiger partial charge in [-0.15, -0.1) is 0 Å². The first kappa shape index (κ1) is 95.1. The van der Waals surface area contributed by atoms with Crippen molar-refractivity contribution in [2.75, 3.05) is 39.6 Å². The minimum absolute atomic E-state index is 0.107. The number of phosphoric ester groups is 2. The number of rotatable bonds is 77. The summed E-state index contributed by atoms with van der Waals surface area (Å²) in [5, 5.41) is 10.6. The maximum absolute atomic E-state index is 13.1. The third kappa shape index (κ3) is 70.9. The molecule has 0 spiro atoms. The van der Waals surface area contributed by atoms with E-state index in [2.05, 4.69) is 41.5 Å². The van der Waals surface area contributed by atoms with Crippen molar-refractivity contribution in [2.45, 2.75) is 426 Å². The normalized spacial score (nSPS) is 14.2. The van der Waals surface area contributed by atoms with Gasteiger partial charge in [-0.25, -0.2) is 9.13 Å². The highest BCUT2D eigenvalue weighted by Gasteiger charge is 2.30. The van der Waals surface area contributed by atoms with Crippen LogP contribution in [0.3, 0.4) is 0 Å². The monoisotopic (exact) mass is 1420 g/mol. The second-order valence-electron chi connectivity index (χ2n) is 28.8. The summed E-state index contributed by atoms with van der Waals surface area (Å²) in [6.07, 6.45) is 58.2. The van der Waals surface area contributed by atoms with Crippen LogP contribution in [0.2, 0.25) is 0 Å². The van der Waals surface area contributed by atoms with E-state index in [9.17, 15) is 43.2 Å². The molecule has 17 nitrogen and oxygen atoms in total. The number of aliphatic hydroxyl groups excluding tert-OH is 1. The quantitative estimate of drug-likeness (QED) is 0.0222. The molecule has 0 radical (unpaired) electrons. The van der Waals surface area contributed by atoms with Crippen LogP contribution in [-0.4, -0.2) is 96.7 Å². The number of carbonyl (C=O) groups excluding carboxylic acids is 4. The standard InChI is InChI=1S/C78H152O17P2/c1-7-10-12-14-16-18-20-22-24-26-29-33-37-41-48-54-60-75(80)88-66-73(94-77(82)63-57-51-43-39-35-31-27-28-32-36-40-46-52-58-70(4)5)68-92-96(84,85)90-64-72(79)65-91-97(86,87)93-69-74(67-89-76(81)61-55-49-45-44-47-53-59-71(6)9-3)95-78(83)62-56-50-42-38-34-30-25-23-21-19-17-15-13-11-8-2/h70-74,79H,7-69H2,1-6H3,(H,84,85)(H,86,87)/t71?,72-,73-,74-/m1/s1. The summed E-state index contributed by atoms with van der Waals surface area (Å²) in [7, 11) is -9.92. The average Bonchev–Trinajstić information content (AvgIpc) is 1.15. The summed E-state index contributed by atoms with van der Waals surface area (Å²) in [4.78, 5) is 72.9. The summed E-state index contributed by atoms with van der Waals surface area (Å²) < 4.78 is 68.6. The molecule has 0 aliphatic carbocycles. The number of unbranched alkanes of at least 4 members (excludes halogenated alkanes) is 46. The number of hydrogen-bond donors (Lipinski definition) is 3. The Morgan fingerprint density at radius 1 is 0.299 bits per heavy atom. The van der Waals surface area contributed by atoms with Crippen LogP contribution < -0.4 is 0 Å². The van der Waals surface area contributed by atoms with E-state index in [1.807, 2.05) is 0 Å². The van der Waals surface area contributed by atoms with Crippen molar-refractivity contribution in [1.82, 2.24) is 0 Å². The number of esters is 4. The topological polar surface area (TPSA) is 237 Å². The predicted molar refractivity (Wildman–Crippen MR) is 395 cm³/mol. The van der Waals surface area contributed by atoms with Gasteiger partial charge in [-0.3, -0.25) is 37.3 Å². The number of phosphoric acid groups is 2. The zero-order chi connectivity index (χ0) is 71.4. The lowest BCUT2D eigenvalue weighted by molar-refractivity contribution is -0.161. The summed E-state index contributed by atoms with van der Waals surface area (Å²) in [5.74, 6) is -0.594. The maximum atomic E-state index is 13.1. The fourth-order valence-electron chi connectivity index (χ4n) is 12.0. The Labute approximate surface area is 594 Å². The predicted octanol–water partition coefficient (Wildman–Crippen LogP) is 23.1. The van der Waals surface area contributed by atoms with E-state index in [0.717, 1.165) is 108 Å². The van der Waals surface area contributed by atoms with E-state index in [4.69, 9.17) is 37.0 Å². The molecular formula is C78H152O17P2. The molecule has 0 aromatic carbocycles. The van der Waals surface area contributed by atoms with E-state index < -0.39 is 97.5 Å². The number of carbonyl (C=O) groups is 4. The lowest BCUT2D eigenvalue weighted by atomic mass is 10.00. The molecule has 0 heterocycles. The highest BCUT2D eigenvalue weighted by Crippen LogP contribution is 2.45. The third-order valence-corrected chi connectivity index (χ3v) is 20.5. The molecule has 0 bridgehead atoms. The molecule has 6 atom stereocenters. The minimum Gasteiger partial charge on any atom is -0.462 e. The highest BCUT2D eigenvalue weighted by atomic mass is 31.2. The van der Waals surface area contributed by atoms with E-state index in [1.165, 1.54) is 218 Å².